The number of terminal acetylenes is 1. The summed E-state index contributed by atoms with van der Waals surface area (Å²) in [6.07, 6.45) is 4.94. The Balaban J connectivity index is 2.53. The molecule has 0 aromatic heterocycles. The molecule has 4 nitrogen and oxygen atoms in total. The Labute approximate surface area is 119 Å². The molecular formula is C15H20FN3O. The standard InChI is InChI=1S/C15H20FN3O/c1-4-10-18-15(17-5-2)19-11-12(3)20-14-9-7-6-8-13(14)16/h1,6-9,12H,5,10-11H2,2-3H3,(H2,17,18,19). The molecular weight excluding hydrogens is 257 g/mol. The van der Waals surface area contributed by atoms with Gasteiger partial charge in [0.15, 0.2) is 17.5 Å². The van der Waals surface area contributed by atoms with E-state index in [0.717, 1.165) is 6.54 Å². The molecule has 1 aromatic rings. The highest BCUT2D eigenvalue weighted by molar-refractivity contribution is 5.79. The second-order valence-corrected chi connectivity index (χ2v) is 4.14. The number of nitrogens with zero attached hydrogens (tertiary/aromatic N) is 1. The predicted octanol–water partition coefficient (Wildman–Crippen LogP) is 1.78. The topological polar surface area (TPSA) is 45.7 Å². The van der Waals surface area contributed by atoms with Crippen molar-refractivity contribution in [2.45, 2.75) is 20.0 Å². The van der Waals surface area contributed by atoms with Gasteiger partial charge in [0.25, 0.3) is 0 Å². The highest BCUT2D eigenvalue weighted by Crippen LogP contribution is 2.16. The summed E-state index contributed by atoms with van der Waals surface area (Å²) in [4.78, 5) is 4.33. The predicted molar refractivity (Wildman–Crippen MR) is 79.3 cm³/mol. The van der Waals surface area contributed by atoms with Gasteiger partial charge in [-0.1, -0.05) is 18.1 Å². The molecule has 0 heterocycles. The summed E-state index contributed by atoms with van der Waals surface area (Å²) < 4.78 is 18.9. The van der Waals surface area contributed by atoms with E-state index in [-0.39, 0.29) is 17.7 Å². The number of hydrogen-bond acceptors (Lipinski definition) is 2. The molecule has 1 rings (SSSR count). The number of nitrogens with one attached hydrogen (secondary N) is 2. The molecule has 108 valence electrons. The zero-order valence-electron chi connectivity index (χ0n) is 11.8. The first-order valence-corrected chi connectivity index (χ1v) is 6.54. The van der Waals surface area contributed by atoms with Gasteiger partial charge in [-0.2, -0.15) is 0 Å². The van der Waals surface area contributed by atoms with Crippen LogP contribution >= 0.6 is 0 Å². The van der Waals surface area contributed by atoms with Crippen molar-refractivity contribution in [2.24, 2.45) is 4.99 Å². The summed E-state index contributed by atoms with van der Waals surface area (Å²) in [5.74, 6) is 2.96. The number of benzene rings is 1. The lowest BCUT2D eigenvalue weighted by Gasteiger charge is -2.14. The van der Waals surface area contributed by atoms with E-state index in [4.69, 9.17) is 11.2 Å². The van der Waals surface area contributed by atoms with Crippen LogP contribution in [0, 0.1) is 18.2 Å². The van der Waals surface area contributed by atoms with Crippen molar-refractivity contribution in [1.29, 1.82) is 0 Å². The summed E-state index contributed by atoms with van der Waals surface area (Å²) in [6, 6.07) is 6.31. The second-order valence-electron chi connectivity index (χ2n) is 4.14. The van der Waals surface area contributed by atoms with Crippen LogP contribution in [0.4, 0.5) is 4.39 Å². The Morgan fingerprint density at radius 1 is 1.45 bits per heavy atom. The molecule has 0 aliphatic carbocycles. The van der Waals surface area contributed by atoms with Crippen molar-refractivity contribution in [2.75, 3.05) is 19.6 Å². The fraction of sp³-hybridized carbons (Fsp3) is 0.400. The van der Waals surface area contributed by atoms with Gasteiger partial charge in [0.2, 0.25) is 0 Å². The average Bonchev–Trinajstić information content (AvgIpc) is 2.44. The number of halogens is 1. The summed E-state index contributed by atoms with van der Waals surface area (Å²) >= 11 is 0. The van der Waals surface area contributed by atoms with Crippen LogP contribution in [0.25, 0.3) is 0 Å². The Morgan fingerprint density at radius 2 is 2.20 bits per heavy atom. The summed E-state index contributed by atoms with van der Waals surface area (Å²) in [7, 11) is 0. The fourth-order valence-corrected chi connectivity index (χ4v) is 1.49. The monoisotopic (exact) mass is 277 g/mol. The number of ether oxygens (including phenoxy) is 1. The van der Waals surface area contributed by atoms with Crippen LogP contribution in [-0.2, 0) is 0 Å². The molecule has 0 saturated carbocycles. The lowest BCUT2D eigenvalue weighted by molar-refractivity contribution is 0.220. The quantitative estimate of drug-likeness (QED) is 0.473. The van der Waals surface area contributed by atoms with Gasteiger partial charge in [-0.15, -0.1) is 6.42 Å². The van der Waals surface area contributed by atoms with E-state index in [1.54, 1.807) is 18.2 Å². The van der Waals surface area contributed by atoms with Crippen LogP contribution in [0.5, 0.6) is 5.75 Å². The smallest absolute Gasteiger partial charge is 0.192 e. The minimum absolute atomic E-state index is 0.233. The molecule has 0 saturated heterocycles. The molecule has 0 bridgehead atoms. The van der Waals surface area contributed by atoms with Gasteiger partial charge in [0.05, 0.1) is 13.1 Å². The molecule has 2 N–H and O–H groups in total. The van der Waals surface area contributed by atoms with Gasteiger partial charge in [0.1, 0.15) is 6.10 Å². The molecule has 1 atom stereocenters. The van der Waals surface area contributed by atoms with Crippen molar-refractivity contribution in [1.82, 2.24) is 10.6 Å². The lowest BCUT2D eigenvalue weighted by Crippen LogP contribution is -2.38. The van der Waals surface area contributed by atoms with Crippen molar-refractivity contribution in [3.8, 4) is 18.1 Å². The summed E-state index contributed by atoms with van der Waals surface area (Å²) in [6.45, 7) is 5.33. The van der Waals surface area contributed by atoms with Gasteiger partial charge < -0.3 is 15.4 Å². The molecule has 5 heteroatoms. The Kier molecular flexibility index (Phi) is 6.97. The largest absolute Gasteiger partial charge is 0.486 e. The van der Waals surface area contributed by atoms with E-state index in [9.17, 15) is 4.39 Å². The van der Waals surface area contributed by atoms with E-state index in [1.807, 2.05) is 13.8 Å². The maximum Gasteiger partial charge on any atom is 0.192 e. The number of para-hydroxylation sites is 1. The van der Waals surface area contributed by atoms with Gasteiger partial charge in [-0.3, -0.25) is 0 Å². The minimum Gasteiger partial charge on any atom is -0.486 e. The van der Waals surface area contributed by atoms with Crippen LogP contribution in [-0.4, -0.2) is 31.7 Å². The molecule has 0 radical (unpaired) electrons. The first-order valence-electron chi connectivity index (χ1n) is 6.54. The third-order valence-corrected chi connectivity index (χ3v) is 2.37. The summed E-state index contributed by atoms with van der Waals surface area (Å²) in [5.41, 5.74) is 0. The molecule has 20 heavy (non-hydrogen) atoms. The zero-order valence-corrected chi connectivity index (χ0v) is 11.8. The molecule has 1 unspecified atom stereocenters. The Hall–Kier alpha value is -2.22. The summed E-state index contributed by atoms with van der Waals surface area (Å²) in [5, 5.41) is 6.04. The van der Waals surface area contributed by atoms with E-state index in [1.165, 1.54) is 6.07 Å². The lowest BCUT2D eigenvalue weighted by atomic mass is 10.3. The van der Waals surface area contributed by atoms with Crippen molar-refractivity contribution in [3.63, 3.8) is 0 Å². The van der Waals surface area contributed by atoms with Crippen LogP contribution in [0.15, 0.2) is 29.3 Å². The number of hydrogen-bond donors (Lipinski definition) is 2. The SMILES string of the molecule is C#CCNC(=NCC(C)Oc1ccccc1F)NCC. The Morgan fingerprint density at radius 3 is 2.85 bits per heavy atom. The molecule has 0 aliphatic rings. The van der Waals surface area contributed by atoms with Crippen LogP contribution in [0.1, 0.15) is 13.8 Å². The number of rotatable bonds is 6. The van der Waals surface area contributed by atoms with Gasteiger partial charge in [-0.25, -0.2) is 9.38 Å². The van der Waals surface area contributed by atoms with Gasteiger partial charge in [-0.05, 0) is 26.0 Å². The maximum atomic E-state index is 13.4. The number of guanidine groups is 1. The Bertz CT molecular complexity index is 482. The van der Waals surface area contributed by atoms with E-state index >= 15 is 0 Å². The molecule has 0 aliphatic heterocycles. The van der Waals surface area contributed by atoms with Crippen LogP contribution < -0.4 is 15.4 Å². The molecule has 1 aromatic carbocycles. The average molecular weight is 277 g/mol. The first kappa shape index (κ1) is 15.8. The fourth-order valence-electron chi connectivity index (χ4n) is 1.49. The molecule has 0 fully saturated rings. The zero-order chi connectivity index (χ0) is 14.8. The van der Waals surface area contributed by atoms with Crippen molar-refractivity contribution in [3.05, 3.63) is 30.1 Å². The van der Waals surface area contributed by atoms with Crippen molar-refractivity contribution < 1.29 is 9.13 Å². The highest BCUT2D eigenvalue weighted by atomic mass is 19.1. The van der Waals surface area contributed by atoms with Gasteiger partial charge in [0, 0.05) is 6.54 Å². The van der Waals surface area contributed by atoms with E-state index < -0.39 is 0 Å². The molecule has 0 amide bonds. The minimum atomic E-state index is -0.374. The number of aliphatic imine (C=N–C) groups is 1. The molecule has 0 spiro atoms. The third kappa shape index (κ3) is 5.61. The third-order valence-electron chi connectivity index (χ3n) is 2.37. The van der Waals surface area contributed by atoms with Crippen LogP contribution in [0.2, 0.25) is 0 Å². The maximum absolute atomic E-state index is 13.4. The first-order chi connectivity index (χ1) is 9.67. The van der Waals surface area contributed by atoms with Crippen molar-refractivity contribution >= 4 is 5.96 Å². The second kappa shape index (κ2) is 8.81. The van der Waals surface area contributed by atoms with E-state index in [0.29, 0.717) is 19.0 Å². The van der Waals surface area contributed by atoms with Crippen LogP contribution in [0.3, 0.4) is 0 Å². The van der Waals surface area contributed by atoms with Gasteiger partial charge >= 0.3 is 0 Å². The van der Waals surface area contributed by atoms with E-state index in [2.05, 4.69) is 21.5 Å². The normalized spacial score (nSPS) is 12.4. The highest BCUT2D eigenvalue weighted by Gasteiger charge is 2.07.